The predicted octanol–water partition coefficient (Wildman–Crippen LogP) is 1.50. The van der Waals surface area contributed by atoms with Crippen molar-refractivity contribution in [3.63, 3.8) is 0 Å². The molecule has 1 aliphatic heterocycles. The highest BCUT2D eigenvalue weighted by Gasteiger charge is 2.33. The molecule has 0 saturated carbocycles. The Bertz CT molecular complexity index is 212. The number of nitriles is 1. The zero-order valence-electron chi connectivity index (χ0n) is 8.25. The number of nitrogens with zero attached hydrogens (tertiary/aromatic N) is 2. The quantitative estimate of drug-likeness (QED) is 0.575. The Kier molecular flexibility index (Phi) is 5.05. The van der Waals surface area contributed by atoms with Crippen molar-refractivity contribution in [1.29, 1.82) is 5.26 Å². The largest absolute Gasteiger partial charge is 0.324 e. The van der Waals surface area contributed by atoms with Gasteiger partial charge in [-0.2, -0.15) is 5.26 Å². The number of rotatable bonds is 0. The molecular formula is C9H15FN2O. The Hall–Kier alpha value is -1.11. The summed E-state index contributed by atoms with van der Waals surface area (Å²) in [5.74, 6) is -0.225. The third-order valence-electron chi connectivity index (χ3n) is 1.80. The molecular weight excluding hydrogens is 171 g/mol. The Morgan fingerprint density at radius 1 is 1.62 bits per heavy atom. The maximum Gasteiger partial charge on any atom is 0.220 e. The predicted molar refractivity (Wildman–Crippen MR) is 47.6 cm³/mol. The molecule has 0 spiro atoms. The Balaban J connectivity index is 0.000000671. The summed E-state index contributed by atoms with van der Waals surface area (Å²) >= 11 is 0. The average molecular weight is 186 g/mol. The van der Waals surface area contributed by atoms with E-state index < -0.39 is 12.2 Å². The normalized spacial score (nSPS) is 25.9. The highest BCUT2D eigenvalue weighted by Crippen LogP contribution is 2.19. The lowest BCUT2D eigenvalue weighted by Crippen LogP contribution is -2.32. The van der Waals surface area contributed by atoms with E-state index >= 15 is 0 Å². The lowest BCUT2D eigenvalue weighted by atomic mass is 10.2. The molecule has 0 aromatic carbocycles. The number of alkyl halides is 1. The van der Waals surface area contributed by atoms with E-state index in [0.717, 1.165) is 0 Å². The topological polar surface area (TPSA) is 44.1 Å². The fourth-order valence-corrected chi connectivity index (χ4v) is 1.26. The zero-order valence-corrected chi connectivity index (χ0v) is 8.25. The van der Waals surface area contributed by atoms with Crippen LogP contribution in [-0.4, -0.2) is 29.6 Å². The monoisotopic (exact) mass is 186 g/mol. The molecule has 1 aliphatic rings. The molecule has 0 bridgehead atoms. The summed E-state index contributed by atoms with van der Waals surface area (Å²) in [7, 11) is 0. The molecule has 0 radical (unpaired) electrons. The van der Waals surface area contributed by atoms with E-state index in [1.807, 2.05) is 19.9 Å². The first-order valence-electron chi connectivity index (χ1n) is 4.46. The number of carbonyl (C=O) groups excluding carboxylic acids is 1. The molecule has 3 nitrogen and oxygen atoms in total. The Morgan fingerprint density at radius 2 is 2.15 bits per heavy atom. The van der Waals surface area contributed by atoms with Crippen molar-refractivity contribution in [2.75, 3.05) is 6.54 Å². The summed E-state index contributed by atoms with van der Waals surface area (Å²) in [6.07, 6.45) is -0.862. The van der Waals surface area contributed by atoms with E-state index in [2.05, 4.69) is 0 Å². The molecule has 2 unspecified atom stereocenters. The summed E-state index contributed by atoms with van der Waals surface area (Å²) in [4.78, 5) is 12.0. The molecule has 1 fully saturated rings. The number of likely N-dealkylation sites (tertiary alicyclic amines) is 1. The maximum atomic E-state index is 12.6. The molecule has 0 aromatic heterocycles. The van der Waals surface area contributed by atoms with Gasteiger partial charge in [-0.1, -0.05) is 13.8 Å². The van der Waals surface area contributed by atoms with Crippen LogP contribution in [0.15, 0.2) is 0 Å². The summed E-state index contributed by atoms with van der Waals surface area (Å²) < 4.78 is 12.6. The zero-order chi connectivity index (χ0) is 10.4. The van der Waals surface area contributed by atoms with Crippen molar-refractivity contribution in [3.8, 4) is 6.07 Å². The second-order valence-electron chi connectivity index (χ2n) is 2.65. The fourth-order valence-electron chi connectivity index (χ4n) is 1.26. The molecule has 1 amide bonds. The minimum Gasteiger partial charge on any atom is -0.324 e. The molecule has 13 heavy (non-hydrogen) atoms. The average Bonchev–Trinajstić information content (AvgIpc) is 2.50. The van der Waals surface area contributed by atoms with Gasteiger partial charge in [0, 0.05) is 13.3 Å². The first kappa shape index (κ1) is 11.9. The molecule has 4 heteroatoms. The highest BCUT2D eigenvalue weighted by atomic mass is 19.1. The third kappa shape index (κ3) is 3.02. The van der Waals surface area contributed by atoms with Gasteiger partial charge in [-0.25, -0.2) is 4.39 Å². The summed E-state index contributed by atoms with van der Waals surface area (Å²) in [6.45, 7) is 5.43. The van der Waals surface area contributed by atoms with Gasteiger partial charge in [0.25, 0.3) is 0 Å². The van der Waals surface area contributed by atoms with E-state index in [1.165, 1.54) is 11.8 Å². The number of amides is 1. The Morgan fingerprint density at radius 3 is 2.46 bits per heavy atom. The number of carbonyl (C=O) groups is 1. The van der Waals surface area contributed by atoms with Crippen LogP contribution in [0.1, 0.15) is 27.2 Å². The van der Waals surface area contributed by atoms with Crippen LogP contribution in [-0.2, 0) is 4.79 Å². The lowest BCUT2D eigenvalue weighted by molar-refractivity contribution is -0.128. The van der Waals surface area contributed by atoms with Crippen molar-refractivity contribution < 1.29 is 9.18 Å². The van der Waals surface area contributed by atoms with Crippen LogP contribution in [0.5, 0.6) is 0 Å². The van der Waals surface area contributed by atoms with E-state index in [0.29, 0.717) is 0 Å². The smallest absolute Gasteiger partial charge is 0.220 e. The van der Waals surface area contributed by atoms with Gasteiger partial charge in [-0.15, -0.1) is 0 Å². The van der Waals surface area contributed by atoms with Crippen molar-refractivity contribution >= 4 is 5.91 Å². The fraction of sp³-hybridized carbons (Fsp3) is 0.778. The first-order valence-corrected chi connectivity index (χ1v) is 4.46. The SMILES string of the molecule is CC.CC(=O)N1CC(F)CC1C#N. The maximum absolute atomic E-state index is 12.6. The molecule has 0 N–H and O–H groups in total. The van der Waals surface area contributed by atoms with Crippen LogP contribution < -0.4 is 0 Å². The molecule has 1 saturated heterocycles. The molecule has 74 valence electrons. The Labute approximate surface area is 78.1 Å². The van der Waals surface area contributed by atoms with Crippen LogP contribution in [0.25, 0.3) is 0 Å². The summed E-state index contributed by atoms with van der Waals surface area (Å²) in [5.41, 5.74) is 0. The third-order valence-corrected chi connectivity index (χ3v) is 1.80. The number of halogens is 1. The standard InChI is InChI=1S/C7H9FN2O.C2H6/c1-5(11)10-4-6(8)2-7(10)3-9;1-2/h6-7H,2,4H2,1H3;1-2H3. The van der Waals surface area contributed by atoms with Gasteiger partial charge < -0.3 is 4.90 Å². The van der Waals surface area contributed by atoms with Crippen LogP contribution in [0, 0.1) is 11.3 Å². The van der Waals surface area contributed by atoms with Crippen molar-refractivity contribution in [1.82, 2.24) is 4.90 Å². The second kappa shape index (κ2) is 5.52. The van der Waals surface area contributed by atoms with Crippen molar-refractivity contribution in [2.24, 2.45) is 0 Å². The number of hydrogen-bond acceptors (Lipinski definition) is 2. The van der Waals surface area contributed by atoms with E-state index in [4.69, 9.17) is 5.26 Å². The lowest BCUT2D eigenvalue weighted by Gasteiger charge is -2.15. The van der Waals surface area contributed by atoms with Gasteiger partial charge in [0.15, 0.2) is 0 Å². The molecule has 0 aliphatic carbocycles. The van der Waals surface area contributed by atoms with Gasteiger partial charge in [-0.05, 0) is 0 Å². The van der Waals surface area contributed by atoms with E-state index in [-0.39, 0.29) is 18.9 Å². The highest BCUT2D eigenvalue weighted by molar-refractivity contribution is 5.74. The molecule has 1 heterocycles. The summed E-state index contributed by atoms with van der Waals surface area (Å²) in [5, 5.41) is 8.49. The van der Waals surface area contributed by atoms with Gasteiger partial charge in [0.05, 0.1) is 12.6 Å². The molecule has 1 rings (SSSR count). The van der Waals surface area contributed by atoms with E-state index in [9.17, 15) is 9.18 Å². The molecule has 0 aromatic rings. The van der Waals surface area contributed by atoms with Crippen LogP contribution in [0.3, 0.4) is 0 Å². The van der Waals surface area contributed by atoms with Crippen LogP contribution >= 0.6 is 0 Å². The van der Waals surface area contributed by atoms with Gasteiger partial charge in [0.1, 0.15) is 12.2 Å². The molecule has 2 atom stereocenters. The van der Waals surface area contributed by atoms with Crippen LogP contribution in [0.4, 0.5) is 4.39 Å². The van der Waals surface area contributed by atoms with Gasteiger partial charge in [-0.3, -0.25) is 4.79 Å². The van der Waals surface area contributed by atoms with Gasteiger partial charge >= 0.3 is 0 Å². The van der Waals surface area contributed by atoms with Crippen molar-refractivity contribution in [3.05, 3.63) is 0 Å². The minimum atomic E-state index is -1.02. The first-order chi connectivity index (χ1) is 6.15. The van der Waals surface area contributed by atoms with Crippen LogP contribution in [0.2, 0.25) is 0 Å². The summed E-state index contributed by atoms with van der Waals surface area (Å²) in [6, 6.07) is 1.34. The van der Waals surface area contributed by atoms with Gasteiger partial charge in [0.2, 0.25) is 5.91 Å². The minimum absolute atomic E-state index is 0.0769. The van der Waals surface area contributed by atoms with Crippen molar-refractivity contribution in [2.45, 2.75) is 39.4 Å². The second-order valence-corrected chi connectivity index (χ2v) is 2.65. The van der Waals surface area contributed by atoms with E-state index in [1.54, 1.807) is 0 Å². The number of hydrogen-bond donors (Lipinski definition) is 0.